The molecule has 0 aliphatic carbocycles. The predicted molar refractivity (Wildman–Crippen MR) is 121 cm³/mol. The van der Waals surface area contributed by atoms with Crippen LogP contribution in [0, 0.1) is 6.92 Å². The first-order valence-corrected chi connectivity index (χ1v) is 11.0. The molecule has 1 aliphatic rings. The second-order valence-electron chi connectivity index (χ2n) is 8.34. The highest BCUT2D eigenvalue weighted by Crippen LogP contribution is 2.31. The summed E-state index contributed by atoms with van der Waals surface area (Å²) in [6.07, 6.45) is 1.80. The molecule has 0 unspecified atom stereocenters. The molecule has 1 amide bonds. The van der Waals surface area contributed by atoms with Gasteiger partial charge >= 0.3 is 0 Å². The van der Waals surface area contributed by atoms with Gasteiger partial charge in [0.1, 0.15) is 5.82 Å². The molecule has 168 valence electrons. The van der Waals surface area contributed by atoms with Gasteiger partial charge in [-0.3, -0.25) is 9.69 Å². The van der Waals surface area contributed by atoms with Crippen LogP contribution in [0.2, 0.25) is 0 Å². The van der Waals surface area contributed by atoms with Crippen LogP contribution in [0.1, 0.15) is 36.8 Å². The van der Waals surface area contributed by atoms with E-state index >= 15 is 0 Å². The zero-order chi connectivity index (χ0) is 22.5. The first kappa shape index (κ1) is 22.1. The Morgan fingerprint density at radius 3 is 2.59 bits per heavy atom. The van der Waals surface area contributed by atoms with Crippen molar-refractivity contribution in [3.8, 4) is 22.6 Å². The smallest absolute Gasteiger partial charge is 0.234 e. The van der Waals surface area contributed by atoms with Crippen LogP contribution in [0.4, 0.5) is 0 Å². The van der Waals surface area contributed by atoms with Gasteiger partial charge in [0.25, 0.3) is 0 Å². The van der Waals surface area contributed by atoms with Crippen molar-refractivity contribution in [2.45, 2.75) is 33.2 Å². The van der Waals surface area contributed by atoms with E-state index in [4.69, 9.17) is 14.2 Å². The summed E-state index contributed by atoms with van der Waals surface area (Å²) in [7, 11) is 0. The number of benzene rings is 1. The van der Waals surface area contributed by atoms with Crippen LogP contribution in [0.15, 0.2) is 41.1 Å². The van der Waals surface area contributed by atoms with Gasteiger partial charge in [-0.25, -0.2) is 9.97 Å². The van der Waals surface area contributed by atoms with Crippen molar-refractivity contribution in [1.29, 1.82) is 0 Å². The van der Waals surface area contributed by atoms with Gasteiger partial charge in [0, 0.05) is 43.4 Å². The third-order valence-corrected chi connectivity index (χ3v) is 5.41. The molecule has 1 aromatic carbocycles. The van der Waals surface area contributed by atoms with E-state index in [1.54, 1.807) is 6.20 Å². The van der Waals surface area contributed by atoms with Crippen LogP contribution in [0.5, 0.6) is 0 Å². The summed E-state index contributed by atoms with van der Waals surface area (Å²) in [5, 5.41) is 7.00. The molecule has 2 aromatic heterocycles. The lowest BCUT2D eigenvalue weighted by Crippen LogP contribution is -2.43. The Kier molecular flexibility index (Phi) is 6.92. The highest BCUT2D eigenvalue weighted by molar-refractivity contribution is 5.79. The molecule has 32 heavy (non-hydrogen) atoms. The number of nitrogens with one attached hydrogen (secondary N) is 1. The molecule has 1 N–H and O–H groups in total. The number of carbonyl (C=O) groups excluding carboxylic acids is 1. The van der Waals surface area contributed by atoms with Crippen molar-refractivity contribution in [2.75, 3.05) is 32.8 Å². The molecule has 0 saturated carbocycles. The molecule has 8 heteroatoms. The minimum atomic E-state index is 0.0244. The molecule has 1 aliphatic heterocycles. The lowest BCUT2D eigenvalue weighted by Gasteiger charge is -2.25. The SMILES string of the molecule is Cc1cc(-c2cnc(C(C)C)nc2-c2ccc(CNC(=O)CN3CCOCC3)cc2)on1. The van der Waals surface area contributed by atoms with E-state index in [9.17, 15) is 4.79 Å². The quantitative estimate of drug-likeness (QED) is 0.609. The van der Waals surface area contributed by atoms with Gasteiger partial charge in [0.2, 0.25) is 5.91 Å². The molecule has 8 nitrogen and oxygen atoms in total. The summed E-state index contributed by atoms with van der Waals surface area (Å²) in [6.45, 7) is 9.88. The fraction of sp³-hybridized carbons (Fsp3) is 0.417. The maximum absolute atomic E-state index is 12.3. The van der Waals surface area contributed by atoms with Crippen LogP contribution in [-0.2, 0) is 16.1 Å². The van der Waals surface area contributed by atoms with Crippen LogP contribution in [0.3, 0.4) is 0 Å². The Balaban J connectivity index is 1.48. The first-order chi connectivity index (χ1) is 15.5. The third-order valence-electron chi connectivity index (χ3n) is 5.41. The number of hydrogen-bond acceptors (Lipinski definition) is 7. The van der Waals surface area contributed by atoms with Crippen molar-refractivity contribution in [3.63, 3.8) is 0 Å². The molecular formula is C24H29N5O3. The van der Waals surface area contributed by atoms with E-state index in [1.807, 2.05) is 37.3 Å². The molecule has 1 saturated heterocycles. The van der Waals surface area contributed by atoms with Crippen LogP contribution in [0.25, 0.3) is 22.6 Å². The minimum absolute atomic E-state index is 0.0244. The van der Waals surface area contributed by atoms with E-state index < -0.39 is 0 Å². The van der Waals surface area contributed by atoms with Gasteiger partial charge in [0.15, 0.2) is 5.76 Å². The highest BCUT2D eigenvalue weighted by atomic mass is 16.5. The van der Waals surface area contributed by atoms with Crippen molar-refractivity contribution in [1.82, 2.24) is 25.3 Å². The summed E-state index contributed by atoms with van der Waals surface area (Å²) < 4.78 is 10.8. The summed E-state index contributed by atoms with van der Waals surface area (Å²) in [6, 6.07) is 9.94. The second-order valence-corrected chi connectivity index (χ2v) is 8.34. The summed E-state index contributed by atoms with van der Waals surface area (Å²) in [5.41, 5.74) is 4.41. The normalized spacial score (nSPS) is 14.6. The van der Waals surface area contributed by atoms with E-state index in [0.29, 0.717) is 32.1 Å². The maximum atomic E-state index is 12.3. The average molecular weight is 436 g/mol. The zero-order valence-electron chi connectivity index (χ0n) is 18.8. The number of aryl methyl sites for hydroxylation is 1. The van der Waals surface area contributed by atoms with Crippen molar-refractivity contribution < 1.29 is 14.1 Å². The Hall–Kier alpha value is -3.10. The van der Waals surface area contributed by atoms with E-state index in [2.05, 4.69) is 34.2 Å². The van der Waals surface area contributed by atoms with Gasteiger partial charge in [-0.15, -0.1) is 0 Å². The van der Waals surface area contributed by atoms with Crippen LogP contribution < -0.4 is 5.32 Å². The van der Waals surface area contributed by atoms with Crippen LogP contribution >= 0.6 is 0 Å². The molecule has 0 bridgehead atoms. The summed E-state index contributed by atoms with van der Waals surface area (Å²) >= 11 is 0. The Morgan fingerprint density at radius 1 is 1.19 bits per heavy atom. The molecule has 3 aromatic rings. The highest BCUT2D eigenvalue weighted by Gasteiger charge is 2.17. The molecule has 0 atom stereocenters. The summed E-state index contributed by atoms with van der Waals surface area (Å²) in [5.74, 6) is 1.66. The molecule has 1 fully saturated rings. The van der Waals surface area contributed by atoms with Gasteiger partial charge in [-0.05, 0) is 12.5 Å². The molecule has 3 heterocycles. The monoisotopic (exact) mass is 435 g/mol. The molecule has 0 spiro atoms. The maximum Gasteiger partial charge on any atom is 0.234 e. The number of amides is 1. The Morgan fingerprint density at radius 2 is 1.94 bits per heavy atom. The Labute approximate surface area is 188 Å². The number of morpholine rings is 1. The number of hydrogen-bond donors (Lipinski definition) is 1. The molecule has 4 rings (SSSR count). The van der Waals surface area contributed by atoms with Gasteiger partial charge in [-0.1, -0.05) is 43.3 Å². The minimum Gasteiger partial charge on any atom is -0.379 e. The van der Waals surface area contributed by atoms with Gasteiger partial charge in [-0.2, -0.15) is 0 Å². The van der Waals surface area contributed by atoms with Crippen molar-refractivity contribution in [3.05, 3.63) is 53.6 Å². The molecule has 0 radical (unpaired) electrons. The van der Waals surface area contributed by atoms with Crippen LogP contribution in [-0.4, -0.2) is 58.8 Å². The average Bonchev–Trinajstić information content (AvgIpc) is 3.24. The van der Waals surface area contributed by atoms with E-state index in [1.165, 1.54) is 0 Å². The van der Waals surface area contributed by atoms with Crippen molar-refractivity contribution in [2.24, 2.45) is 0 Å². The first-order valence-electron chi connectivity index (χ1n) is 11.0. The van der Waals surface area contributed by atoms with Crippen molar-refractivity contribution >= 4 is 5.91 Å². The van der Waals surface area contributed by atoms with E-state index in [-0.39, 0.29) is 11.8 Å². The van der Waals surface area contributed by atoms with Gasteiger partial charge in [0.05, 0.1) is 36.7 Å². The molecular weight excluding hydrogens is 406 g/mol. The lowest BCUT2D eigenvalue weighted by atomic mass is 10.0. The standard InChI is InChI=1S/C24H29N5O3/c1-16(2)24-26-14-20(21-12-17(3)28-32-21)23(27-24)19-6-4-18(5-7-19)13-25-22(30)15-29-8-10-31-11-9-29/h4-7,12,14,16H,8-11,13,15H2,1-3H3,(H,25,30). The lowest BCUT2D eigenvalue weighted by molar-refractivity contribution is -0.123. The number of aromatic nitrogens is 3. The number of ether oxygens (including phenoxy) is 1. The number of rotatable bonds is 7. The largest absolute Gasteiger partial charge is 0.379 e. The fourth-order valence-corrected chi connectivity index (χ4v) is 3.56. The van der Waals surface area contributed by atoms with Gasteiger partial charge < -0.3 is 14.6 Å². The van der Waals surface area contributed by atoms with E-state index in [0.717, 1.165) is 47.0 Å². The Bertz CT molecular complexity index is 1060. The summed E-state index contributed by atoms with van der Waals surface area (Å²) in [4.78, 5) is 23.7. The predicted octanol–water partition coefficient (Wildman–Crippen LogP) is 3.18. The second kappa shape index (κ2) is 10.0. The fourth-order valence-electron chi connectivity index (χ4n) is 3.56. The number of nitrogens with zero attached hydrogens (tertiary/aromatic N) is 4. The zero-order valence-corrected chi connectivity index (χ0v) is 18.8. The topological polar surface area (TPSA) is 93.4 Å². The number of carbonyl (C=O) groups is 1. The third kappa shape index (κ3) is 5.38.